The molecule has 2 N–H and O–H groups in total. The second-order valence-electron chi connectivity index (χ2n) is 7.64. The van der Waals surface area contributed by atoms with Gasteiger partial charge in [0.2, 0.25) is 5.91 Å². The van der Waals surface area contributed by atoms with Gasteiger partial charge in [-0.2, -0.15) is 0 Å². The number of ether oxygens (including phenoxy) is 2. The van der Waals surface area contributed by atoms with E-state index in [0.717, 1.165) is 18.8 Å². The van der Waals surface area contributed by atoms with Crippen LogP contribution in [0.3, 0.4) is 0 Å². The summed E-state index contributed by atoms with van der Waals surface area (Å²) in [5.41, 5.74) is 1.24. The molecule has 0 aromatic heterocycles. The summed E-state index contributed by atoms with van der Waals surface area (Å²) in [7, 11) is 6.82. The van der Waals surface area contributed by atoms with Crippen LogP contribution in [0.15, 0.2) is 29.3 Å². The topological polar surface area (TPSA) is 78.4 Å². The summed E-state index contributed by atoms with van der Waals surface area (Å²) in [5, 5.41) is 6.68. The number of likely N-dealkylation sites (tertiary alicyclic amines) is 1. The molecule has 1 atom stereocenters. The molecule has 1 aliphatic rings. The Labute approximate surface area is 203 Å². The number of nitrogens with zero attached hydrogens (tertiary/aromatic N) is 3. The van der Waals surface area contributed by atoms with Crippen molar-refractivity contribution in [2.75, 3.05) is 67.6 Å². The van der Waals surface area contributed by atoms with Gasteiger partial charge < -0.3 is 25.0 Å². The number of carbonyl (C=O) groups is 1. The third kappa shape index (κ3) is 9.61. The molecule has 8 nitrogen and oxygen atoms in total. The molecule has 1 aromatic carbocycles. The van der Waals surface area contributed by atoms with E-state index in [-0.39, 0.29) is 42.5 Å². The molecule has 1 saturated heterocycles. The zero-order chi connectivity index (χ0) is 21.8. The number of amides is 1. The first-order valence-corrected chi connectivity index (χ1v) is 10.6. The molecular weight excluding hydrogens is 509 g/mol. The Balaban J connectivity index is 0.00000480. The number of methoxy groups -OCH3 is 2. The van der Waals surface area contributed by atoms with Crippen molar-refractivity contribution in [1.29, 1.82) is 0 Å². The van der Waals surface area contributed by atoms with Gasteiger partial charge in [-0.05, 0) is 43.6 Å². The average molecular weight is 547 g/mol. The van der Waals surface area contributed by atoms with Crippen LogP contribution in [0.4, 0.5) is 0 Å². The Bertz CT molecular complexity index is 664. The highest BCUT2D eigenvalue weighted by Gasteiger charge is 2.22. The summed E-state index contributed by atoms with van der Waals surface area (Å²) < 4.78 is 10.4. The Kier molecular flexibility index (Phi) is 13.5. The maximum Gasteiger partial charge on any atom is 0.243 e. The molecule has 1 aliphatic heterocycles. The second-order valence-corrected chi connectivity index (χ2v) is 7.64. The minimum Gasteiger partial charge on any atom is -0.497 e. The van der Waals surface area contributed by atoms with Crippen LogP contribution >= 0.6 is 24.0 Å². The van der Waals surface area contributed by atoms with Crippen molar-refractivity contribution < 1.29 is 14.3 Å². The molecule has 1 fully saturated rings. The lowest BCUT2D eigenvalue weighted by molar-refractivity contribution is -0.127. The van der Waals surface area contributed by atoms with Crippen molar-refractivity contribution in [2.24, 2.45) is 4.99 Å². The van der Waals surface area contributed by atoms with E-state index in [1.807, 2.05) is 12.1 Å². The van der Waals surface area contributed by atoms with Gasteiger partial charge in [-0.1, -0.05) is 18.6 Å². The number of hydrogen-bond donors (Lipinski definition) is 2. The number of guanidine groups is 1. The van der Waals surface area contributed by atoms with Crippen LogP contribution in [0.5, 0.6) is 5.75 Å². The van der Waals surface area contributed by atoms with Crippen LogP contribution in [0.25, 0.3) is 0 Å². The van der Waals surface area contributed by atoms with E-state index in [4.69, 9.17) is 9.47 Å². The quantitative estimate of drug-likeness (QED) is 0.202. The third-order valence-electron chi connectivity index (χ3n) is 5.26. The molecule has 0 saturated carbocycles. The van der Waals surface area contributed by atoms with E-state index >= 15 is 0 Å². The summed E-state index contributed by atoms with van der Waals surface area (Å²) in [4.78, 5) is 20.5. The molecule has 31 heavy (non-hydrogen) atoms. The lowest BCUT2D eigenvalue weighted by atomic mass is 10.0. The zero-order valence-corrected chi connectivity index (χ0v) is 21.6. The summed E-state index contributed by atoms with van der Waals surface area (Å²) in [6.45, 7) is 4.15. The van der Waals surface area contributed by atoms with Crippen LogP contribution in [0.1, 0.15) is 30.9 Å². The minimum atomic E-state index is -0.0365. The highest BCUT2D eigenvalue weighted by molar-refractivity contribution is 14.0. The smallest absolute Gasteiger partial charge is 0.243 e. The van der Waals surface area contributed by atoms with Crippen LogP contribution < -0.4 is 15.4 Å². The fourth-order valence-corrected chi connectivity index (χ4v) is 3.44. The summed E-state index contributed by atoms with van der Waals surface area (Å²) in [6.07, 6.45) is 3.73. The highest BCUT2D eigenvalue weighted by Crippen LogP contribution is 2.25. The standard InChI is InChI=1S/C22H37N5O3.HI/c1-26(2)21(28)17-25-22(23-12-15-29-3)24-16-20(27-13-6-5-7-14-27)18-8-10-19(30-4)11-9-18;/h8-11,20H,5-7,12-17H2,1-4H3,(H2,23,24,25);1H. The van der Waals surface area contributed by atoms with E-state index in [0.29, 0.717) is 25.7 Å². The second kappa shape index (κ2) is 15.3. The van der Waals surface area contributed by atoms with Gasteiger partial charge in [0.05, 0.1) is 19.8 Å². The van der Waals surface area contributed by atoms with E-state index in [2.05, 4.69) is 32.7 Å². The van der Waals surface area contributed by atoms with Crippen molar-refractivity contribution in [3.8, 4) is 5.75 Å². The SMILES string of the molecule is COCCNC(=NCC(=O)N(C)C)NCC(c1ccc(OC)cc1)N1CCCCC1.I. The number of rotatable bonds is 10. The number of nitrogens with one attached hydrogen (secondary N) is 2. The number of aliphatic imine (C=N–C) groups is 1. The highest BCUT2D eigenvalue weighted by atomic mass is 127. The summed E-state index contributed by atoms with van der Waals surface area (Å²) in [5.74, 6) is 1.44. The lowest BCUT2D eigenvalue weighted by Crippen LogP contribution is -2.45. The first-order valence-electron chi connectivity index (χ1n) is 10.6. The molecule has 9 heteroatoms. The van der Waals surface area contributed by atoms with Gasteiger partial charge >= 0.3 is 0 Å². The monoisotopic (exact) mass is 547 g/mol. The molecule has 1 heterocycles. The Morgan fingerprint density at radius 1 is 1.13 bits per heavy atom. The van der Waals surface area contributed by atoms with Gasteiger partial charge in [0.1, 0.15) is 12.3 Å². The van der Waals surface area contributed by atoms with E-state index < -0.39 is 0 Å². The van der Waals surface area contributed by atoms with Gasteiger partial charge in [-0.25, -0.2) is 4.99 Å². The molecule has 1 amide bonds. The van der Waals surface area contributed by atoms with Crippen molar-refractivity contribution >= 4 is 35.8 Å². The lowest BCUT2D eigenvalue weighted by Gasteiger charge is -2.35. The molecule has 0 bridgehead atoms. The van der Waals surface area contributed by atoms with Crippen molar-refractivity contribution in [3.63, 3.8) is 0 Å². The zero-order valence-electron chi connectivity index (χ0n) is 19.2. The number of carbonyl (C=O) groups excluding carboxylic acids is 1. The maximum absolute atomic E-state index is 12.0. The van der Waals surface area contributed by atoms with Gasteiger partial charge in [0.25, 0.3) is 0 Å². The maximum atomic E-state index is 12.0. The fraction of sp³-hybridized carbons (Fsp3) is 0.636. The molecule has 0 aliphatic carbocycles. The molecule has 0 radical (unpaired) electrons. The van der Waals surface area contributed by atoms with E-state index in [1.165, 1.54) is 24.8 Å². The molecule has 176 valence electrons. The van der Waals surface area contributed by atoms with Crippen LogP contribution in [-0.4, -0.2) is 89.3 Å². The minimum absolute atomic E-state index is 0. The molecule has 1 aromatic rings. The van der Waals surface area contributed by atoms with Crippen molar-refractivity contribution in [1.82, 2.24) is 20.4 Å². The molecular formula is C22H38IN5O3. The molecule has 2 rings (SSSR count). The number of benzene rings is 1. The van der Waals surface area contributed by atoms with Gasteiger partial charge in [-0.15, -0.1) is 24.0 Å². The summed E-state index contributed by atoms with van der Waals surface area (Å²) in [6, 6.07) is 8.49. The van der Waals surface area contributed by atoms with Crippen LogP contribution in [0, 0.1) is 0 Å². The summed E-state index contributed by atoms with van der Waals surface area (Å²) >= 11 is 0. The fourth-order valence-electron chi connectivity index (χ4n) is 3.44. The first kappa shape index (κ1) is 27.4. The van der Waals surface area contributed by atoms with E-state index in [1.54, 1.807) is 33.2 Å². The number of piperidine rings is 1. The Morgan fingerprint density at radius 2 is 1.81 bits per heavy atom. The molecule has 1 unspecified atom stereocenters. The number of hydrogen-bond acceptors (Lipinski definition) is 5. The first-order chi connectivity index (χ1) is 14.5. The predicted octanol–water partition coefficient (Wildman–Crippen LogP) is 2.11. The number of halogens is 1. The van der Waals surface area contributed by atoms with Gasteiger partial charge in [0.15, 0.2) is 5.96 Å². The number of likely N-dealkylation sites (N-methyl/N-ethyl adjacent to an activating group) is 1. The largest absolute Gasteiger partial charge is 0.497 e. The predicted molar refractivity (Wildman–Crippen MR) is 135 cm³/mol. The normalized spacial score (nSPS) is 15.5. The van der Waals surface area contributed by atoms with Gasteiger partial charge in [-0.3, -0.25) is 9.69 Å². The van der Waals surface area contributed by atoms with Crippen LogP contribution in [0.2, 0.25) is 0 Å². The van der Waals surface area contributed by atoms with Crippen molar-refractivity contribution in [3.05, 3.63) is 29.8 Å². The average Bonchev–Trinajstić information content (AvgIpc) is 2.78. The van der Waals surface area contributed by atoms with Crippen LogP contribution in [-0.2, 0) is 9.53 Å². The van der Waals surface area contributed by atoms with E-state index in [9.17, 15) is 4.79 Å². The third-order valence-corrected chi connectivity index (χ3v) is 5.26. The van der Waals surface area contributed by atoms with Crippen molar-refractivity contribution in [2.45, 2.75) is 25.3 Å². The Morgan fingerprint density at radius 3 is 2.39 bits per heavy atom. The van der Waals surface area contributed by atoms with Gasteiger partial charge in [0, 0.05) is 34.3 Å². The Hall–Kier alpha value is -1.59. The molecule has 0 spiro atoms.